The lowest BCUT2D eigenvalue weighted by molar-refractivity contribution is 1.11. The van der Waals surface area contributed by atoms with Gasteiger partial charge in [0, 0.05) is 12.7 Å². The van der Waals surface area contributed by atoms with Crippen molar-refractivity contribution in [2.45, 2.75) is 6.92 Å². The summed E-state index contributed by atoms with van der Waals surface area (Å²) in [5.41, 5.74) is 0. The van der Waals surface area contributed by atoms with Gasteiger partial charge in [-0.25, -0.2) is 9.97 Å². The molecule has 0 aliphatic rings. The maximum atomic E-state index is 4.49. The number of aromatic nitrogens is 2. The third-order valence-corrected chi connectivity index (χ3v) is 3.49. The maximum Gasteiger partial charge on any atom is 0.171 e. The van der Waals surface area contributed by atoms with E-state index in [9.17, 15) is 0 Å². The Balaban J connectivity index is 2.38. The second-order valence-corrected chi connectivity index (χ2v) is 5.01. The van der Waals surface area contributed by atoms with Crippen molar-refractivity contribution in [2.75, 3.05) is 11.9 Å². The minimum Gasteiger partial charge on any atom is -0.369 e. The molecule has 5 heteroatoms. The summed E-state index contributed by atoms with van der Waals surface area (Å²) in [4.78, 5) is 9.90. The fourth-order valence-corrected chi connectivity index (χ4v) is 2.30. The van der Waals surface area contributed by atoms with Crippen LogP contribution in [-0.2, 0) is 0 Å². The molecule has 0 saturated carbocycles. The number of thiophene rings is 1. The molecule has 0 aliphatic carbocycles. The van der Waals surface area contributed by atoms with Crippen molar-refractivity contribution in [1.29, 1.82) is 0 Å². The first-order chi connectivity index (χ1) is 7.31. The summed E-state index contributed by atoms with van der Waals surface area (Å²) in [7, 11) is 0. The smallest absolute Gasteiger partial charge is 0.171 e. The van der Waals surface area contributed by atoms with Crippen molar-refractivity contribution in [3.63, 3.8) is 0 Å². The van der Waals surface area contributed by atoms with E-state index in [4.69, 9.17) is 0 Å². The Hall–Kier alpha value is -0.690. The third kappa shape index (κ3) is 2.46. The summed E-state index contributed by atoms with van der Waals surface area (Å²) in [5.74, 6) is 1.71. The molecular formula is C10H10IN3S. The normalized spacial score (nSPS) is 10.3. The molecular weight excluding hydrogens is 321 g/mol. The molecule has 2 heterocycles. The molecule has 0 radical (unpaired) electrons. The quantitative estimate of drug-likeness (QED) is 0.878. The highest BCUT2D eigenvalue weighted by molar-refractivity contribution is 14.1. The van der Waals surface area contributed by atoms with E-state index in [-0.39, 0.29) is 0 Å². The number of hydrogen-bond acceptors (Lipinski definition) is 4. The minimum atomic E-state index is 0.793. The first kappa shape index (κ1) is 10.8. The fourth-order valence-electron chi connectivity index (χ4n) is 1.18. The van der Waals surface area contributed by atoms with Crippen LogP contribution in [0.2, 0.25) is 0 Å². The van der Waals surface area contributed by atoms with E-state index < -0.39 is 0 Å². The average molecular weight is 331 g/mol. The summed E-state index contributed by atoms with van der Waals surface area (Å²) in [6, 6.07) is 4.04. The summed E-state index contributed by atoms with van der Waals surface area (Å²) in [5, 5.41) is 5.26. The number of nitrogens with one attached hydrogen (secondary N) is 1. The van der Waals surface area contributed by atoms with Crippen LogP contribution in [0.4, 0.5) is 5.82 Å². The van der Waals surface area contributed by atoms with Crippen LogP contribution in [0.1, 0.15) is 6.92 Å². The first-order valence-electron chi connectivity index (χ1n) is 4.61. The predicted molar refractivity (Wildman–Crippen MR) is 72.2 cm³/mol. The van der Waals surface area contributed by atoms with Crippen LogP contribution >= 0.6 is 33.9 Å². The van der Waals surface area contributed by atoms with Crippen LogP contribution in [0.15, 0.2) is 23.7 Å². The SMILES string of the molecule is CCNc1nc(-c2cccs2)ncc1I. The van der Waals surface area contributed by atoms with Gasteiger partial charge in [-0.1, -0.05) is 6.07 Å². The molecule has 0 unspecified atom stereocenters. The molecule has 0 amide bonds. The Morgan fingerprint density at radius 3 is 3.07 bits per heavy atom. The molecule has 0 atom stereocenters. The maximum absolute atomic E-state index is 4.49. The number of halogens is 1. The van der Waals surface area contributed by atoms with Gasteiger partial charge in [-0.15, -0.1) is 11.3 Å². The first-order valence-corrected chi connectivity index (χ1v) is 6.57. The molecule has 0 aliphatic heterocycles. The van der Waals surface area contributed by atoms with Crippen LogP contribution in [0.25, 0.3) is 10.7 Å². The lowest BCUT2D eigenvalue weighted by Crippen LogP contribution is -2.03. The highest BCUT2D eigenvalue weighted by Crippen LogP contribution is 2.23. The van der Waals surface area contributed by atoms with Crippen LogP contribution in [0.5, 0.6) is 0 Å². The van der Waals surface area contributed by atoms with E-state index in [0.29, 0.717) is 0 Å². The van der Waals surface area contributed by atoms with Gasteiger partial charge in [-0.05, 0) is 41.0 Å². The molecule has 0 spiro atoms. The third-order valence-electron chi connectivity index (χ3n) is 1.83. The van der Waals surface area contributed by atoms with Gasteiger partial charge in [0.2, 0.25) is 0 Å². The lowest BCUT2D eigenvalue weighted by atomic mass is 10.4. The van der Waals surface area contributed by atoms with Crippen molar-refractivity contribution in [3.05, 3.63) is 27.3 Å². The van der Waals surface area contributed by atoms with Gasteiger partial charge in [0.25, 0.3) is 0 Å². The monoisotopic (exact) mass is 331 g/mol. The Bertz CT molecular complexity index is 442. The van der Waals surface area contributed by atoms with Gasteiger partial charge in [0.05, 0.1) is 8.45 Å². The summed E-state index contributed by atoms with van der Waals surface area (Å²) < 4.78 is 1.05. The second-order valence-electron chi connectivity index (χ2n) is 2.90. The van der Waals surface area contributed by atoms with E-state index in [1.165, 1.54) is 0 Å². The van der Waals surface area contributed by atoms with E-state index in [1.54, 1.807) is 11.3 Å². The Kier molecular flexibility index (Phi) is 3.53. The molecule has 3 nitrogen and oxygen atoms in total. The van der Waals surface area contributed by atoms with Crippen LogP contribution in [-0.4, -0.2) is 16.5 Å². The van der Waals surface area contributed by atoms with E-state index in [0.717, 1.165) is 26.6 Å². The highest BCUT2D eigenvalue weighted by Gasteiger charge is 2.06. The summed E-state index contributed by atoms with van der Waals surface area (Å²) in [6.45, 7) is 2.93. The van der Waals surface area contributed by atoms with Gasteiger partial charge in [0.15, 0.2) is 5.82 Å². The summed E-state index contributed by atoms with van der Waals surface area (Å²) >= 11 is 3.89. The molecule has 0 saturated heterocycles. The van der Waals surface area contributed by atoms with Crippen molar-refractivity contribution in [2.24, 2.45) is 0 Å². The fraction of sp³-hybridized carbons (Fsp3) is 0.200. The zero-order chi connectivity index (χ0) is 10.7. The van der Waals surface area contributed by atoms with Gasteiger partial charge in [-0.3, -0.25) is 0 Å². The van der Waals surface area contributed by atoms with E-state index >= 15 is 0 Å². The minimum absolute atomic E-state index is 0.793. The number of nitrogens with zero attached hydrogens (tertiary/aromatic N) is 2. The van der Waals surface area contributed by atoms with Crippen molar-refractivity contribution in [1.82, 2.24) is 9.97 Å². The zero-order valence-electron chi connectivity index (χ0n) is 8.20. The molecule has 15 heavy (non-hydrogen) atoms. The van der Waals surface area contributed by atoms with Gasteiger partial charge < -0.3 is 5.32 Å². The van der Waals surface area contributed by atoms with Crippen LogP contribution in [0.3, 0.4) is 0 Å². The molecule has 0 bridgehead atoms. The van der Waals surface area contributed by atoms with E-state index in [2.05, 4.69) is 44.8 Å². The van der Waals surface area contributed by atoms with Crippen molar-refractivity contribution >= 4 is 39.7 Å². The standard InChI is InChI=1S/C10H10IN3S/c1-2-12-9-7(11)6-13-10(14-9)8-4-3-5-15-8/h3-6H,2H2,1H3,(H,12,13,14). The van der Waals surface area contributed by atoms with Gasteiger partial charge in [-0.2, -0.15) is 0 Å². The highest BCUT2D eigenvalue weighted by atomic mass is 127. The number of hydrogen-bond donors (Lipinski definition) is 1. The molecule has 0 aromatic carbocycles. The van der Waals surface area contributed by atoms with Crippen molar-refractivity contribution in [3.8, 4) is 10.7 Å². The van der Waals surface area contributed by atoms with Gasteiger partial charge in [0.1, 0.15) is 5.82 Å². The molecule has 2 rings (SSSR count). The average Bonchev–Trinajstić information content (AvgIpc) is 2.75. The molecule has 78 valence electrons. The number of rotatable bonds is 3. The Morgan fingerprint density at radius 1 is 1.53 bits per heavy atom. The Labute approximate surface area is 106 Å². The topological polar surface area (TPSA) is 37.8 Å². The molecule has 0 fully saturated rings. The molecule has 2 aromatic rings. The van der Waals surface area contributed by atoms with Crippen LogP contribution < -0.4 is 5.32 Å². The number of anilines is 1. The largest absolute Gasteiger partial charge is 0.369 e. The summed E-state index contributed by atoms with van der Waals surface area (Å²) in [6.07, 6.45) is 1.85. The Morgan fingerprint density at radius 2 is 2.40 bits per heavy atom. The molecule has 1 N–H and O–H groups in total. The predicted octanol–water partition coefficient (Wildman–Crippen LogP) is 3.24. The zero-order valence-corrected chi connectivity index (χ0v) is 11.2. The van der Waals surface area contributed by atoms with E-state index in [1.807, 2.05) is 23.7 Å². The van der Waals surface area contributed by atoms with Crippen molar-refractivity contribution < 1.29 is 0 Å². The molecule has 2 aromatic heterocycles. The van der Waals surface area contributed by atoms with Crippen LogP contribution in [0, 0.1) is 3.57 Å². The second kappa shape index (κ2) is 4.89. The lowest BCUT2D eigenvalue weighted by Gasteiger charge is -2.05. The van der Waals surface area contributed by atoms with Gasteiger partial charge >= 0.3 is 0 Å².